The Kier molecular flexibility index (Phi) is 5.36. The van der Waals surface area contributed by atoms with Crippen LogP contribution in [0.4, 0.5) is 0 Å². The minimum Gasteiger partial charge on any atom is -0.435 e. The molecule has 0 aromatic heterocycles. The molecule has 0 atom stereocenters. The third-order valence-electron chi connectivity index (χ3n) is 2.50. The third kappa shape index (κ3) is 5.17. The minimum absolute atomic E-state index is 0.618. The molecule has 3 heteroatoms. The first-order valence-corrected chi connectivity index (χ1v) is 6.15. The van der Waals surface area contributed by atoms with E-state index >= 15 is 0 Å². The van der Waals surface area contributed by atoms with Gasteiger partial charge in [0.2, 0.25) is 0 Å². The summed E-state index contributed by atoms with van der Waals surface area (Å²) in [5.74, 6) is 0. The fourth-order valence-corrected chi connectivity index (χ4v) is 1.57. The van der Waals surface area contributed by atoms with Crippen molar-refractivity contribution in [3.63, 3.8) is 0 Å². The van der Waals surface area contributed by atoms with Crippen molar-refractivity contribution in [3.05, 3.63) is 71.8 Å². The predicted molar refractivity (Wildman–Crippen MR) is 78.4 cm³/mol. The molecule has 0 aliphatic rings. The zero-order chi connectivity index (χ0) is 13.2. The highest BCUT2D eigenvalue weighted by molar-refractivity contribution is 5.63. The summed E-state index contributed by atoms with van der Waals surface area (Å²) in [6.45, 7) is 1.24. The van der Waals surface area contributed by atoms with E-state index in [9.17, 15) is 0 Å². The van der Waals surface area contributed by atoms with Gasteiger partial charge in [-0.2, -0.15) is 0 Å². The normalized spacial score (nSPS) is 11.2. The summed E-state index contributed by atoms with van der Waals surface area (Å²) in [5, 5.41) is 0. The van der Waals surface area contributed by atoms with Crippen molar-refractivity contribution in [1.82, 2.24) is 0 Å². The Morgan fingerprint density at radius 1 is 0.684 bits per heavy atom. The number of ether oxygens (including phenoxy) is 1. The Balaban J connectivity index is 1.66. The van der Waals surface area contributed by atoms with Gasteiger partial charge in [0.05, 0.1) is 13.1 Å². The fraction of sp³-hybridized carbons (Fsp3) is 0.125. The van der Waals surface area contributed by atoms with Crippen molar-refractivity contribution in [2.45, 2.75) is 13.1 Å². The highest BCUT2D eigenvalue weighted by Gasteiger charge is 1.87. The summed E-state index contributed by atoms with van der Waals surface area (Å²) < 4.78 is 5.09. The molecule has 2 aromatic carbocycles. The largest absolute Gasteiger partial charge is 0.435 e. The van der Waals surface area contributed by atoms with Crippen LogP contribution < -0.4 is 0 Å². The van der Waals surface area contributed by atoms with Gasteiger partial charge in [-0.25, -0.2) is 0 Å². The Morgan fingerprint density at radius 2 is 1.11 bits per heavy atom. The molecule has 19 heavy (non-hydrogen) atoms. The van der Waals surface area contributed by atoms with Crippen LogP contribution in [0.1, 0.15) is 11.1 Å². The molecule has 0 aliphatic heterocycles. The SMILES string of the molecule is C(=NCc1ccccc1)OC=NCc1ccccc1. The van der Waals surface area contributed by atoms with Gasteiger partial charge in [-0.3, -0.25) is 9.98 Å². The first-order valence-electron chi connectivity index (χ1n) is 6.15. The fourth-order valence-electron chi connectivity index (χ4n) is 1.57. The molecule has 2 rings (SSSR count). The van der Waals surface area contributed by atoms with Crippen LogP contribution in [0.3, 0.4) is 0 Å². The molecular formula is C16H16N2O. The molecule has 0 aliphatic carbocycles. The Labute approximate surface area is 113 Å². The molecule has 0 saturated heterocycles. The number of hydrogen-bond donors (Lipinski definition) is 0. The van der Waals surface area contributed by atoms with Gasteiger partial charge in [0, 0.05) is 0 Å². The lowest BCUT2D eigenvalue weighted by Crippen LogP contribution is -1.88. The Hall–Kier alpha value is -2.42. The molecule has 3 nitrogen and oxygen atoms in total. The van der Waals surface area contributed by atoms with E-state index in [1.54, 1.807) is 0 Å². The second-order valence-corrected chi connectivity index (χ2v) is 4.00. The van der Waals surface area contributed by atoms with Gasteiger partial charge in [0.1, 0.15) is 0 Å². The van der Waals surface area contributed by atoms with E-state index in [4.69, 9.17) is 4.74 Å². The average molecular weight is 252 g/mol. The molecule has 0 N–H and O–H groups in total. The third-order valence-corrected chi connectivity index (χ3v) is 2.50. The minimum atomic E-state index is 0.618. The van der Waals surface area contributed by atoms with Crippen molar-refractivity contribution in [3.8, 4) is 0 Å². The molecule has 0 spiro atoms. The van der Waals surface area contributed by atoms with E-state index in [1.807, 2.05) is 60.7 Å². The number of benzene rings is 2. The van der Waals surface area contributed by atoms with Crippen molar-refractivity contribution in [2.24, 2.45) is 9.98 Å². The maximum absolute atomic E-state index is 5.09. The monoisotopic (exact) mass is 252 g/mol. The van der Waals surface area contributed by atoms with E-state index in [2.05, 4.69) is 9.98 Å². The van der Waals surface area contributed by atoms with E-state index in [0.29, 0.717) is 13.1 Å². The van der Waals surface area contributed by atoms with E-state index in [0.717, 1.165) is 11.1 Å². The van der Waals surface area contributed by atoms with Crippen molar-refractivity contribution < 1.29 is 4.74 Å². The van der Waals surface area contributed by atoms with Gasteiger partial charge in [-0.05, 0) is 11.1 Å². The lowest BCUT2D eigenvalue weighted by molar-refractivity contribution is 0.585. The molecule has 2 aromatic rings. The van der Waals surface area contributed by atoms with E-state index in [-0.39, 0.29) is 0 Å². The van der Waals surface area contributed by atoms with Crippen LogP contribution in [-0.4, -0.2) is 12.8 Å². The summed E-state index contributed by atoms with van der Waals surface area (Å²) in [6.07, 6.45) is 2.84. The summed E-state index contributed by atoms with van der Waals surface area (Å²) in [6, 6.07) is 20.1. The average Bonchev–Trinajstić information content (AvgIpc) is 2.48. The molecule has 96 valence electrons. The second-order valence-electron chi connectivity index (χ2n) is 4.00. The van der Waals surface area contributed by atoms with Gasteiger partial charge < -0.3 is 4.74 Å². The quantitative estimate of drug-likeness (QED) is 0.572. The summed E-state index contributed by atoms with van der Waals surface area (Å²) in [4.78, 5) is 8.30. The van der Waals surface area contributed by atoms with Crippen LogP contribution in [0, 0.1) is 0 Å². The van der Waals surface area contributed by atoms with Gasteiger partial charge in [-0.1, -0.05) is 60.7 Å². The van der Waals surface area contributed by atoms with Crippen molar-refractivity contribution >= 4 is 12.8 Å². The molecule has 0 fully saturated rings. The Bertz CT molecular complexity index is 471. The maximum atomic E-state index is 5.09. The molecule has 0 bridgehead atoms. The number of aliphatic imine (C=N–C) groups is 2. The smallest absolute Gasteiger partial charge is 0.178 e. The molecule has 0 radical (unpaired) electrons. The van der Waals surface area contributed by atoms with Crippen LogP contribution in [0.5, 0.6) is 0 Å². The van der Waals surface area contributed by atoms with Crippen LogP contribution in [-0.2, 0) is 17.8 Å². The highest BCUT2D eigenvalue weighted by Crippen LogP contribution is 2.00. The number of hydrogen-bond acceptors (Lipinski definition) is 3. The first kappa shape index (κ1) is 13.0. The second kappa shape index (κ2) is 7.82. The lowest BCUT2D eigenvalue weighted by atomic mass is 10.2. The molecule has 0 unspecified atom stereocenters. The molecule has 0 amide bonds. The van der Waals surface area contributed by atoms with Crippen molar-refractivity contribution in [2.75, 3.05) is 0 Å². The zero-order valence-electron chi connectivity index (χ0n) is 10.6. The number of nitrogens with zero attached hydrogens (tertiary/aromatic N) is 2. The standard InChI is InChI=1S/C16H16N2O/c1-3-7-15(8-4-1)11-17-13-19-14-18-12-16-9-5-2-6-10-16/h1-10,13-14H,11-12H2. The summed E-state index contributed by atoms with van der Waals surface area (Å²) in [7, 11) is 0. The summed E-state index contributed by atoms with van der Waals surface area (Å²) >= 11 is 0. The predicted octanol–water partition coefficient (Wildman–Crippen LogP) is 3.46. The van der Waals surface area contributed by atoms with Crippen molar-refractivity contribution in [1.29, 1.82) is 0 Å². The number of rotatable bonds is 6. The van der Waals surface area contributed by atoms with Crippen LogP contribution in [0.2, 0.25) is 0 Å². The van der Waals surface area contributed by atoms with Gasteiger partial charge in [0.15, 0.2) is 12.8 Å². The van der Waals surface area contributed by atoms with Crippen LogP contribution in [0.25, 0.3) is 0 Å². The van der Waals surface area contributed by atoms with Gasteiger partial charge >= 0.3 is 0 Å². The lowest BCUT2D eigenvalue weighted by Gasteiger charge is -1.95. The van der Waals surface area contributed by atoms with E-state index < -0.39 is 0 Å². The van der Waals surface area contributed by atoms with Gasteiger partial charge in [0.25, 0.3) is 0 Å². The molecule has 0 saturated carbocycles. The molecular weight excluding hydrogens is 236 g/mol. The highest BCUT2D eigenvalue weighted by atomic mass is 16.5. The van der Waals surface area contributed by atoms with Gasteiger partial charge in [-0.15, -0.1) is 0 Å². The van der Waals surface area contributed by atoms with E-state index in [1.165, 1.54) is 12.8 Å². The van der Waals surface area contributed by atoms with Crippen LogP contribution >= 0.6 is 0 Å². The maximum Gasteiger partial charge on any atom is 0.178 e. The zero-order valence-corrected chi connectivity index (χ0v) is 10.6. The topological polar surface area (TPSA) is 34.0 Å². The van der Waals surface area contributed by atoms with Crippen LogP contribution in [0.15, 0.2) is 70.6 Å². The molecule has 0 heterocycles. The summed E-state index contributed by atoms with van der Waals surface area (Å²) in [5.41, 5.74) is 2.31. The Morgan fingerprint density at radius 3 is 1.53 bits per heavy atom. The first-order chi connectivity index (χ1) is 9.45.